The Kier molecular flexibility index (Phi) is 10.6. The van der Waals surface area contributed by atoms with Crippen LogP contribution in [-0.2, 0) is 13.0 Å². The monoisotopic (exact) mass is 649 g/mol. The van der Waals surface area contributed by atoms with E-state index in [2.05, 4.69) is 68.8 Å². The molecule has 0 atom stereocenters. The van der Waals surface area contributed by atoms with Crippen LogP contribution in [0.15, 0.2) is 72.9 Å². The van der Waals surface area contributed by atoms with Crippen LogP contribution in [0.2, 0.25) is 0 Å². The number of para-hydroxylation sites is 1. The zero-order valence-corrected chi connectivity index (χ0v) is 29.1. The molecule has 0 saturated carbocycles. The number of aromatic carboxylic acids is 1. The van der Waals surface area contributed by atoms with Gasteiger partial charge in [0.15, 0.2) is 5.69 Å². The number of carboxylic acid groups (broad SMARTS) is 1. The number of nitrogens with zero attached hydrogens (tertiary/aromatic N) is 3. The summed E-state index contributed by atoms with van der Waals surface area (Å²) in [7, 11) is 0. The molecular formula is C39H47N5O2S. The summed E-state index contributed by atoms with van der Waals surface area (Å²) in [4.78, 5) is 24.4. The Morgan fingerprint density at radius 1 is 1.09 bits per heavy atom. The molecule has 0 fully saturated rings. The quantitative estimate of drug-likeness (QED) is 0.0930. The fraction of sp³-hybridized carbons (Fsp3) is 0.385. The van der Waals surface area contributed by atoms with Crippen molar-refractivity contribution >= 4 is 45.1 Å². The number of rotatable bonds is 14. The largest absolute Gasteiger partial charge is 0.476 e. The number of carboxylic acids is 1. The lowest BCUT2D eigenvalue weighted by Crippen LogP contribution is -2.36. The van der Waals surface area contributed by atoms with Crippen molar-refractivity contribution in [2.75, 3.05) is 18.0 Å². The van der Waals surface area contributed by atoms with E-state index < -0.39 is 5.97 Å². The highest BCUT2D eigenvalue weighted by Crippen LogP contribution is 2.39. The first-order valence-electron chi connectivity index (χ1n) is 16.6. The summed E-state index contributed by atoms with van der Waals surface area (Å²) in [5.41, 5.74) is 6.30. The summed E-state index contributed by atoms with van der Waals surface area (Å²) in [6, 6.07) is 18.3. The topological polar surface area (TPSA) is 102 Å². The average molecular weight is 650 g/mol. The second-order valence-electron chi connectivity index (χ2n) is 13.7. The van der Waals surface area contributed by atoms with Crippen LogP contribution in [0.25, 0.3) is 26.4 Å². The maximum absolute atomic E-state index is 12.7. The van der Waals surface area contributed by atoms with Gasteiger partial charge in [0.1, 0.15) is 10.8 Å². The van der Waals surface area contributed by atoms with Crippen molar-refractivity contribution in [3.63, 3.8) is 0 Å². The van der Waals surface area contributed by atoms with Crippen molar-refractivity contribution in [1.82, 2.24) is 15.3 Å². The van der Waals surface area contributed by atoms with Crippen molar-refractivity contribution in [2.45, 2.75) is 66.8 Å². The number of anilines is 1. The first-order chi connectivity index (χ1) is 22.5. The van der Waals surface area contributed by atoms with Gasteiger partial charge in [0, 0.05) is 48.2 Å². The number of carbonyl (C=O) groups is 1. The SMILES string of the molecule is C=CCC(CN/C(C)=C(\C=N)c1ccc(N2CCc3cccc(-c4nc5ccccc5s4)c3C2)nc1C(=O)O)(CC(C)C)CC(C)C. The number of aromatic nitrogens is 2. The lowest BCUT2D eigenvalue weighted by Gasteiger charge is -2.37. The number of allylic oxidation sites excluding steroid dienone is 3. The zero-order chi connectivity index (χ0) is 33.7. The minimum atomic E-state index is -1.11. The van der Waals surface area contributed by atoms with Gasteiger partial charge in [-0.15, -0.1) is 17.9 Å². The highest BCUT2D eigenvalue weighted by atomic mass is 32.1. The summed E-state index contributed by atoms with van der Waals surface area (Å²) < 4.78 is 1.15. The molecule has 1 aliphatic rings. The second kappa shape index (κ2) is 14.6. The Morgan fingerprint density at radius 2 is 1.83 bits per heavy atom. The normalized spacial score (nSPS) is 13.9. The third kappa shape index (κ3) is 7.65. The van der Waals surface area contributed by atoms with Crippen molar-refractivity contribution in [1.29, 1.82) is 5.41 Å². The number of benzene rings is 2. The van der Waals surface area contributed by atoms with E-state index in [1.54, 1.807) is 11.3 Å². The number of nitrogens with one attached hydrogen (secondary N) is 2. The molecule has 0 saturated heterocycles. The first kappa shape index (κ1) is 34.0. The average Bonchev–Trinajstić information content (AvgIpc) is 3.47. The van der Waals surface area contributed by atoms with Crippen LogP contribution >= 0.6 is 11.3 Å². The molecule has 8 heteroatoms. The summed E-state index contributed by atoms with van der Waals surface area (Å²) in [5.74, 6) is 0.555. The molecular weight excluding hydrogens is 603 g/mol. The van der Waals surface area contributed by atoms with Gasteiger partial charge in [0.2, 0.25) is 0 Å². The van der Waals surface area contributed by atoms with Gasteiger partial charge >= 0.3 is 5.97 Å². The maximum atomic E-state index is 12.7. The molecule has 0 radical (unpaired) electrons. The highest BCUT2D eigenvalue weighted by molar-refractivity contribution is 7.21. The number of fused-ring (bicyclic) bond motifs is 2. The summed E-state index contributed by atoms with van der Waals surface area (Å²) in [6.07, 6.45) is 7.07. The Morgan fingerprint density at radius 3 is 2.49 bits per heavy atom. The van der Waals surface area contributed by atoms with Crippen molar-refractivity contribution < 1.29 is 9.90 Å². The first-order valence-corrected chi connectivity index (χ1v) is 17.4. The van der Waals surface area contributed by atoms with Crippen molar-refractivity contribution in [2.24, 2.45) is 17.3 Å². The predicted molar refractivity (Wildman–Crippen MR) is 197 cm³/mol. The van der Waals surface area contributed by atoms with Crippen LogP contribution in [0.4, 0.5) is 5.82 Å². The molecule has 2 aromatic heterocycles. The molecule has 0 aliphatic carbocycles. The molecule has 1 aliphatic heterocycles. The van der Waals surface area contributed by atoms with Crippen LogP contribution < -0.4 is 10.2 Å². The van der Waals surface area contributed by atoms with Gasteiger partial charge in [0.05, 0.1) is 10.2 Å². The van der Waals surface area contributed by atoms with E-state index in [1.807, 2.05) is 43.3 Å². The molecule has 246 valence electrons. The molecule has 3 heterocycles. The summed E-state index contributed by atoms with van der Waals surface area (Å²) >= 11 is 1.69. The van der Waals surface area contributed by atoms with Gasteiger partial charge in [-0.25, -0.2) is 14.8 Å². The van der Waals surface area contributed by atoms with E-state index in [4.69, 9.17) is 15.4 Å². The van der Waals surface area contributed by atoms with E-state index >= 15 is 0 Å². The van der Waals surface area contributed by atoms with Crippen LogP contribution in [0.5, 0.6) is 0 Å². The molecule has 0 amide bonds. The van der Waals surface area contributed by atoms with Crippen LogP contribution in [0.3, 0.4) is 0 Å². The van der Waals surface area contributed by atoms with Crippen molar-refractivity contribution in [3.8, 4) is 10.6 Å². The van der Waals surface area contributed by atoms with Gasteiger partial charge in [0.25, 0.3) is 0 Å². The molecule has 0 unspecified atom stereocenters. The van der Waals surface area contributed by atoms with Gasteiger partial charge in [-0.2, -0.15) is 0 Å². The maximum Gasteiger partial charge on any atom is 0.355 e. The number of hydrogen-bond acceptors (Lipinski definition) is 7. The van der Waals surface area contributed by atoms with Gasteiger partial charge < -0.3 is 20.7 Å². The Bertz CT molecular complexity index is 1760. The van der Waals surface area contributed by atoms with Crippen molar-refractivity contribution in [3.05, 3.63) is 95.3 Å². The molecule has 7 nitrogen and oxygen atoms in total. The lowest BCUT2D eigenvalue weighted by molar-refractivity contribution is 0.0690. The van der Waals surface area contributed by atoms with Crippen LogP contribution in [0, 0.1) is 22.7 Å². The number of hydrogen-bond donors (Lipinski definition) is 3. The smallest absolute Gasteiger partial charge is 0.355 e. The van der Waals surface area contributed by atoms with E-state index in [0.717, 1.165) is 65.3 Å². The minimum absolute atomic E-state index is 0.0188. The third-order valence-electron chi connectivity index (χ3n) is 9.03. The summed E-state index contributed by atoms with van der Waals surface area (Å²) in [5, 5.41) is 23.2. The minimum Gasteiger partial charge on any atom is -0.476 e. The fourth-order valence-corrected chi connectivity index (χ4v) is 8.30. The molecule has 5 rings (SSSR count). The molecule has 4 aromatic rings. The van der Waals surface area contributed by atoms with E-state index in [0.29, 0.717) is 35.3 Å². The van der Waals surface area contributed by atoms with E-state index in [1.165, 1.54) is 17.3 Å². The van der Waals surface area contributed by atoms with E-state index in [-0.39, 0.29) is 11.1 Å². The Hall–Kier alpha value is -4.30. The molecule has 2 aromatic carbocycles. The van der Waals surface area contributed by atoms with Gasteiger partial charge in [-0.05, 0) is 85.3 Å². The molecule has 3 N–H and O–H groups in total. The fourth-order valence-electron chi connectivity index (χ4n) is 7.28. The van der Waals surface area contributed by atoms with E-state index in [9.17, 15) is 9.90 Å². The number of thiazole rings is 1. The van der Waals surface area contributed by atoms with Crippen LogP contribution in [-0.4, -0.2) is 40.3 Å². The number of pyridine rings is 1. The van der Waals surface area contributed by atoms with Crippen LogP contribution in [0.1, 0.15) is 81.1 Å². The van der Waals surface area contributed by atoms with Gasteiger partial charge in [-0.1, -0.05) is 64.1 Å². The molecule has 0 spiro atoms. The highest BCUT2D eigenvalue weighted by Gasteiger charge is 2.31. The Labute approximate surface area is 283 Å². The lowest BCUT2D eigenvalue weighted by atomic mass is 9.71. The Balaban J connectivity index is 1.44. The zero-order valence-electron chi connectivity index (χ0n) is 28.3. The third-order valence-corrected chi connectivity index (χ3v) is 10.1. The summed E-state index contributed by atoms with van der Waals surface area (Å²) in [6.45, 7) is 17.0. The second-order valence-corrected chi connectivity index (χ2v) is 14.7. The van der Waals surface area contributed by atoms with Gasteiger partial charge in [-0.3, -0.25) is 0 Å². The standard InChI is InChI=1S/C39H47N5O2S/c1-7-18-39(20-25(2)3,21-26(4)5)24-41-27(6)31(22-40)29-15-16-35(43-36(29)38(45)46)44-19-17-28-11-10-12-30(32(28)23-44)37-42-33-13-8-9-14-34(33)47-37/h7-16,22,25-26,40-41H,1,17-21,23-24H2,2-6H3,(H,45,46)/b31-27+,40-22?. The molecule has 0 bridgehead atoms. The predicted octanol–water partition coefficient (Wildman–Crippen LogP) is 9.24. The molecule has 47 heavy (non-hydrogen) atoms.